The second-order valence-corrected chi connectivity index (χ2v) is 7.32. The fourth-order valence-electron chi connectivity index (χ4n) is 3.52. The number of nitrogens with one attached hydrogen (secondary N) is 1. The quantitative estimate of drug-likeness (QED) is 0.740. The van der Waals surface area contributed by atoms with Gasteiger partial charge in [0, 0.05) is 17.3 Å². The van der Waals surface area contributed by atoms with E-state index in [2.05, 4.69) is 16.5 Å². The molecule has 1 aliphatic rings. The van der Waals surface area contributed by atoms with E-state index in [1.807, 2.05) is 42.8 Å². The number of rotatable bonds is 6. The lowest BCUT2D eigenvalue weighted by atomic mass is 9.97. The molecule has 1 amide bonds. The number of nitrogens with zero attached hydrogens (tertiary/aromatic N) is 2. The highest BCUT2D eigenvalue weighted by Crippen LogP contribution is 2.21. The maximum Gasteiger partial charge on any atom is 0.255 e. The Labute approximate surface area is 160 Å². The van der Waals surface area contributed by atoms with Gasteiger partial charge in [0.05, 0.1) is 17.8 Å². The summed E-state index contributed by atoms with van der Waals surface area (Å²) in [6.07, 6.45) is 8.18. The van der Waals surface area contributed by atoms with Crippen LogP contribution in [0.3, 0.4) is 0 Å². The Hall–Kier alpha value is -2.07. The van der Waals surface area contributed by atoms with Gasteiger partial charge < -0.3 is 5.32 Å². The Kier molecular flexibility index (Phi) is 6.15. The van der Waals surface area contributed by atoms with Gasteiger partial charge in [0.2, 0.25) is 0 Å². The summed E-state index contributed by atoms with van der Waals surface area (Å²) in [6.45, 7) is 5.07. The van der Waals surface area contributed by atoms with Gasteiger partial charge in [0.25, 0.3) is 5.91 Å². The van der Waals surface area contributed by atoms with E-state index < -0.39 is 0 Å². The summed E-state index contributed by atoms with van der Waals surface area (Å²) in [5.74, 6) is -0.0400. The number of carbonyl (C=O) groups is 1. The summed E-state index contributed by atoms with van der Waals surface area (Å²) in [6, 6.07) is 7.72. The van der Waals surface area contributed by atoms with Crippen LogP contribution in [0.15, 0.2) is 35.9 Å². The average molecular weight is 372 g/mol. The van der Waals surface area contributed by atoms with Crippen molar-refractivity contribution in [2.45, 2.75) is 52.5 Å². The molecule has 26 heavy (non-hydrogen) atoms. The minimum Gasteiger partial charge on any atom is -0.352 e. The number of aryl methyl sites for hydroxylation is 1. The molecule has 1 aromatic carbocycles. The molecule has 0 aliphatic heterocycles. The third-order valence-electron chi connectivity index (χ3n) is 5.00. The van der Waals surface area contributed by atoms with Crippen molar-refractivity contribution in [2.75, 3.05) is 6.54 Å². The Morgan fingerprint density at radius 2 is 2.08 bits per heavy atom. The predicted molar refractivity (Wildman–Crippen MR) is 106 cm³/mol. The standard InChI is InChI=1S/C21H26ClN3O/c1-15-20(21(26)23-13-12-17-8-4-3-5-9-17)16(2)25(24-15)14-18-10-6-7-11-19(18)22/h6-8,10-11H,3-5,9,12-14H2,1-2H3,(H,23,26). The van der Waals surface area contributed by atoms with Crippen molar-refractivity contribution in [1.82, 2.24) is 15.1 Å². The van der Waals surface area contributed by atoms with E-state index >= 15 is 0 Å². The molecule has 5 heteroatoms. The van der Waals surface area contributed by atoms with Crippen molar-refractivity contribution < 1.29 is 4.79 Å². The van der Waals surface area contributed by atoms with Crippen molar-refractivity contribution in [2.24, 2.45) is 0 Å². The molecular formula is C21H26ClN3O. The van der Waals surface area contributed by atoms with E-state index in [1.54, 1.807) is 0 Å². The molecule has 138 valence electrons. The molecular weight excluding hydrogens is 346 g/mol. The monoisotopic (exact) mass is 371 g/mol. The van der Waals surface area contributed by atoms with Gasteiger partial charge in [-0.25, -0.2) is 0 Å². The highest BCUT2D eigenvalue weighted by Gasteiger charge is 2.19. The van der Waals surface area contributed by atoms with Gasteiger partial charge in [-0.3, -0.25) is 9.48 Å². The highest BCUT2D eigenvalue weighted by molar-refractivity contribution is 6.31. The Balaban J connectivity index is 1.66. The first-order valence-electron chi connectivity index (χ1n) is 9.30. The first kappa shape index (κ1) is 18.7. The maximum atomic E-state index is 12.7. The molecule has 0 atom stereocenters. The zero-order chi connectivity index (χ0) is 18.5. The SMILES string of the molecule is Cc1nn(Cc2ccccc2Cl)c(C)c1C(=O)NCCC1=CCCCC1. The average Bonchev–Trinajstić information content (AvgIpc) is 2.91. The van der Waals surface area contributed by atoms with Crippen molar-refractivity contribution in [1.29, 1.82) is 0 Å². The van der Waals surface area contributed by atoms with E-state index in [9.17, 15) is 4.79 Å². The van der Waals surface area contributed by atoms with Crippen LogP contribution in [0.2, 0.25) is 5.02 Å². The molecule has 1 heterocycles. The van der Waals surface area contributed by atoms with Crippen molar-refractivity contribution in [3.8, 4) is 0 Å². The fourth-order valence-corrected chi connectivity index (χ4v) is 3.72. The first-order chi connectivity index (χ1) is 12.6. The molecule has 1 aromatic heterocycles. The van der Waals surface area contributed by atoms with Crippen LogP contribution < -0.4 is 5.32 Å². The Bertz CT molecular complexity index is 823. The van der Waals surface area contributed by atoms with Gasteiger partial charge in [0.1, 0.15) is 0 Å². The number of amides is 1. The van der Waals surface area contributed by atoms with Crippen LogP contribution in [0.5, 0.6) is 0 Å². The molecule has 0 saturated carbocycles. The number of hydrogen-bond acceptors (Lipinski definition) is 2. The summed E-state index contributed by atoms with van der Waals surface area (Å²) in [5, 5.41) is 8.32. The summed E-state index contributed by atoms with van der Waals surface area (Å²) in [5.41, 5.74) is 4.77. The Morgan fingerprint density at radius 3 is 2.81 bits per heavy atom. The molecule has 0 radical (unpaired) electrons. The molecule has 0 bridgehead atoms. The number of hydrogen-bond donors (Lipinski definition) is 1. The topological polar surface area (TPSA) is 46.9 Å². The van der Waals surface area contributed by atoms with E-state index in [0.29, 0.717) is 23.7 Å². The summed E-state index contributed by atoms with van der Waals surface area (Å²) in [4.78, 5) is 12.7. The van der Waals surface area contributed by atoms with Gasteiger partial charge in [-0.1, -0.05) is 41.4 Å². The van der Waals surface area contributed by atoms with Crippen LogP contribution in [0, 0.1) is 13.8 Å². The number of aromatic nitrogens is 2. The summed E-state index contributed by atoms with van der Waals surface area (Å²) < 4.78 is 1.86. The third-order valence-corrected chi connectivity index (χ3v) is 5.37. The van der Waals surface area contributed by atoms with E-state index in [1.165, 1.54) is 31.3 Å². The van der Waals surface area contributed by atoms with Gasteiger partial charge in [-0.2, -0.15) is 5.10 Å². The third kappa shape index (κ3) is 4.36. The maximum absolute atomic E-state index is 12.7. The van der Waals surface area contributed by atoms with Gasteiger partial charge in [0.15, 0.2) is 0 Å². The molecule has 2 aromatic rings. The number of carbonyl (C=O) groups excluding carboxylic acids is 1. The van der Waals surface area contributed by atoms with E-state index in [-0.39, 0.29) is 5.91 Å². The van der Waals surface area contributed by atoms with Crippen LogP contribution in [0.25, 0.3) is 0 Å². The minimum atomic E-state index is -0.0400. The zero-order valence-electron chi connectivity index (χ0n) is 15.5. The van der Waals surface area contributed by atoms with Crippen LogP contribution in [-0.2, 0) is 6.54 Å². The number of halogens is 1. The van der Waals surface area contributed by atoms with Crippen LogP contribution in [-0.4, -0.2) is 22.2 Å². The molecule has 0 saturated heterocycles. The number of allylic oxidation sites excluding steroid dienone is 1. The highest BCUT2D eigenvalue weighted by atomic mass is 35.5. The fraction of sp³-hybridized carbons (Fsp3) is 0.429. The van der Waals surface area contributed by atoms with Crippen LogP contribution in [0.4, 0.5) is 0 Å². The zero-order valence-corrected chi connectivity index (χ0v) is 16.3. The van der Waals surface area contributed by atoms with Crippen molar-refractivity contribution in [3.63, 3.8) is 0 Å². The second-order valence-electron chi connectivity index (χ2n) is 6.91. The van der Waals surface area contributed by atoms with Crippen molar-refractivity contribution >= 4 is 17.5 Å². The smallest absolute Gasteiger partial charge is 0.255 e. The molecule has 1 N–H and O–H groups in total. The van der Waals surface area contributed by atoms with Gasteiger partial charge in [-0.15, -0.1) is 0 Å². The lowest BCUT2D eigenvalue weighted by Gasteiger charge is -2.13. The first-order valence-corrected chi connectivity index (χ1v) is 9.67. The lowest BCUT2D eigenvalue weighted by molar-refractivity contribution is 0.0952. The van der Waals surface area contributed by atoms with E-state index in [0.717, 1.165) is 23.4 Å². The van der Waals surface area contributed by atoms with E-state index in [4.69, 9.17) is 11.6 Å². The van der Waals surface area contributed by atoms with Crippen LogP contribution in [0.1, 0.15) is 59.4 Å². The molecule has 0 spiro atoms. The van der Waals surface area contributed by atoms with Gasteiger partial charge >= 0.3 is 0 Å². The lowest BCUT2D eigenvalue weighted by Crippen LogP contribution is -2.26. The Morgan fingerprint density at radius 1 is 1.27 bits per heavy atom. The van der Waals surface area contributed by atoms with Crippen molar-refractivity contribution in [3.05, 3.63) is 63.5 Å². The van der Waals surface area contributed by atoms with Crippen LogP contribution >= 0.6 is 11.6 Å². The second kappa shape index (κ2) is 8.54. The predicted octanol–water partition coefficient (Wildman–Crippen LogP) is 4.82. The summed E-state index contributed by atoms with van der Waals surface area (Å²) in [7, 11) is 0. The largest absolute Gasteiger partial charge is 0.352 e. The summed E-state index contributed by atoms with van der Waals surface area (Å²) >= 11 is 6.25. The molecule has 1 aliphatic carbocycles. The minimum absolute atomic E-state index is 0.0400. The number of benzene rings is 1. The normalized spacial score (nSPS) is 14.2. The molecule has 0 fully saturated rings. The van der Waals surface area contributed by atoms with Gasteiger partial charge in [-0.05, 0) is 57.6 Å². The molecule has 4 nitrogen and oxygen atoms in total. The molecule has 0 unspecified atom stereocenters. The molecule has 3 rings (SSSR count).